The molecule has 1 atom stereocenters. The zero-order valence-corrected chi connectivity index (χ0v) is 16.0. The van der Waals surface area contributed by atoms with E-state index in [1.165, 1.54) is 23.8 Å². The van der Waals surface area contributed by atoms with E-state index in [9.17, 15) is 9.18 Å². The van der Waals surface area contributed by atoms with Crippen LogP contribution in [0.2, 0.25) is 0 Å². The second kappa shape index (κ2) is 9.24. The Morgan fingerprint density at radius 1 is 1.42 bits per heavy atom. The van der Waals surface area contributed by atoms with Crippen LogP contribution in [-0.4, -0.2) is 28.9 Å². The average Bonchev–Trinajstić information content (AvgIpc) is 3.04. The number of carbonyl (C=O) groups is 1. The number of thiazole rings is 1. The Morgan fingerprint density at radius 3 is 3.04 bits per heavy atom. The maximum atomic E-state index is 13.6. The molecule has 1 aromatic heterocycles. The molecule has 0 unspecified atom stereocenters. The van der Waals surface area contributed by atoms with Gasteiger partial charge in [-0.2, -0.15) is 0 Å². The highest BCUT2D eigenvalue weighted by Crippen LogP contribution is 2.24. The van der Waals surface area contributed by atoms with E-state index in [-0.39, 0.29) is 18.3 Å². The summed E-state index contributed by atoms with van der Waals surface area (Å²) in [6.07, 6.45) is 3.76. The molecule has 1 N–H and O–H groups in total. The maximum Gasteiger partial charge on any atom is 0.220 e. The van der Waals surface area contributed by atoms with Crippen LogP contribution in [0.5, 0.6) is 0 Å². The molecule has 1 saturated heterocycles. The summed E-state index contributed by atoms with van der Waals surface area (Å²) in [7, 11) is 0. The van der Waals surface area contributed by atoms with E-state index in [4.69, 9.17) is 0 Å². The Bertz CT molecular complexity index is 733. The predicted molar refractivity (Wildman–Crippen MR) is 102 cm³/mol. The third-order valence-corrected chi connectivity index (χ3v) is 5.95. The van der Waals surface area contributed by atoms with E-state index in [0.29, 0.717) is 17.9 Å². The number of halogens is 1. The standard InChI is InChI=1S/C20H26FN3OS/c1-15-19(26-14-23-15)13-24-10-4-5-16(12-24)8-9-20(25)22-11-17-6-2-3-7-18(17)21/h2-3,6-7,14,16H,4-5,8-13H2,1H3,(H,22,25)/t16-/m0/s1. The first kappa shape index (κ1) is 19.0. The van der Waals surface area contributed by atoms with E-state index in [2.05, 4.69) is 22.1 Å². The van der Waals surface area contributed by atoms with Crippen molar-refractivity contribution in [2.45, 2.75) is 45.7 Å². The Labute approximate surface area is 158 Å². The van der Waals surface area contributed by atoms with Crippen LogP contribution < -0.4 is 5.32 Å². The molecule has 0 aliphatic carbocycles. The van der Waals surface area contributed by atoms with E-state index >= 15 is 0 Å². The van der Waals surface area contributed by atoms with Crippen molar-refractivity contribution in [1.29, 1.82) is 0 Å². The van der Waals surface area contributed by atoms with Gasteiger partial charge in [-0.15, -0.1) is 11.3 Å². The number of aryl methyl sites for hydroxylation is 1. The molecule has 4 nitrogen and oxygen atoms in total. The zero-order chi connectivity index (χ0) is 18.4. The fraction of sp³-hybridized carbons (Fsp3) is 0.500. The Kier molecular flexibility index (Phi) is 6.74. The number of hydrogen-bond acceptors (Lipinski definition) is 4. The van der Waals surface area contributed by atoms with Crippen LogP contribution in [0.3, 0.4) is 0 Å². The minimum absolute atomic E-state index is 0.00341. The third kappa shape index (κ3) is 5.35. The van der Waals surface area contributed by atoms with Gasteiger partial charge in [0, 0.05) is 36.5 Å². The molecule has 1 aromatic carbocycles. The number of carbonyl (C=O) groups excluding carboxylic acids is 1. The highest BCUT2D eigenvalue weighted by molar-refractivity contribution is 7.09. The molecule has 6 heteroatoms. The van der Waals surface area contributed by atoms with Gasteiger partial charge in [0.25, 0.3) is 0 Å². The van der Waals surface area contributed by atoms with E-state index in [1.807, 2.05) is 5.51 Å². The first-order valence-corrected chi connectivity index (χ1v) is 10.1. The number of nitrogens with zero attached hydrogens (tertiary/aromatic N) is 2. The quantitative estimate of drug-likeness (QED) is 0.798. The Morgan fingerprint density at radius 2 is 2.27 bits per heavy atom. The number of hydrogen-bond donors (Lipinski definition) is 1. The minimum Gasteiger partial charge on any atom is -0.352 e. The number of benzene rings is 1. The summed E-state index contributed by atoms with van der Waals surface area (Å²) in [4.78, 5) is 20.2. The molecule has 1 aliphatic rings. The lowest BCUT2D eigenvalue weighted by molar-refractivity contribution is -0.121. The molecule has 2 heterocycles. The number of amides is 1. The SMILES string of the molecule is Cc1ncsc1CN1CCC[C@@H](CCC(=O)NCc2ccccc2F)C1. The molecule has 3 rings (SSSR count). The summed E-state index contributed by atoms with van der Waals surface area (Å²) in [6.45, 7) is 5.44. The van der Waals surface area contributed by atoms with E-state index in [1.54, 1.807) is 29.5 Å². The summed E-state index contributed by atoms with van der Waals surface area (Å²) in [5, 5.41) is 2.84. The van der Waals surface area contributed by atoms with Crippen LogP contribution in [0.4, 0.5) is 4.39 Å². The Balaban J connectivity index is 1.40. The van der Waals surface area contributed by atoms with Crippen LogP contribution in [-0.2, 0) is 17.9 Å². The van der Waals surface area contributed by atoms with Crippen molar-refractivity contribution < 1.29 is 9.18 Å². The third-order valence-electron chi connectivity index (χ3n) is 5.03. The summed E-state index contributed by atoms with van der Waals surface area (Å²) >= 11 is 1.72. The number of nitrogens with one attached hydrogen (secondary N) is 1. The van der Waals surface area contributed by atoms with Crippen molar-refractivity contribution in [2.75, 3.05) is 13.1 Å². The number of likely N-dealkylation sites (tertiary alicyclic amines) is 1. The summed E-state index contributed by atoms with van der Waals surface area (Å²) in [6, 6.07) is 6.56. The van der Waals surface area contributed by atoms with Gasteiger partial charge in [0.2, 0.25) is 5.91 Å². The number of rotatable bonds is 7. The maximum absolute atomic E-state index is 13.6. The van der Waals surface area contributed by atoms with Gasteiger partial charge in [-0.25, -0.2) is 9.37 Å². The van der Waals surface area contributed by atoms with Gasteiger partial charge < -0.3 is 5.32 Å². The lowest BCUT2D eigenvalue weighted by Gasteiger charge is -2.32. The molecule has 0 bridgehead atoms. The van der Waals surface area contributed by atoms with Crippen LogP contribution in [0, 0.1) is 18.7 Å². The largest absolute Gasteiger partial charge is 0.352 e. The van der Waals surface area contributed by atoms with Crippen molar-refractivity contribution in [3.05, 3.63) is 51.7 Å². The number of aromatic nitrogens is 1. The van der Waals surface area contributed by atoms with Gasteiger partial charge in [-0.1, -0.05) is 18.2 Å². The molecular weight excluding hydrogens is 349 g/mol. The van der Waals surface area contributed by atoms with Gasteiger partial charge >= 0.3 is 0 Å². The van der Waals surface area contributed by atoms with Gasteiger partial charge in [-0.3, -0.25) is 9.69 Å². The summed E-state index contributed by atoms with van der Waals surface area (Å²) in [5.41, 5.74) is 3.57. The van der Waals surface area contributed by atoms with Gasteiger partial charge in [0.1, 0.15) is 5.82 Å². The average molecular weight is 376 g/mol. The first-order valence-electron chi connectivity index (χ1n) is 9.23. The molecule has 0 saturated carbocycles. The highest BCUT2D eigenvalue weighted by Gasteiger charge is 2.21. The zero-order valence-electron chi connectivity index (χ0n) is 15.2. The van der Waals surface area contributed by atoms with Crippen LogP contribution in [0.1, 0.15) is 41.8 Å². The summed E-state index contributed by atoms with van der Waals surface area (Å²) < 4.78 is 13.6. The van der Waals surface area contributed by atoms with Crippen molar-refractivity contribution in [2.24, 2.45) is 5.92 Å². The van der Waals surface area contributed by atoms with Crippen molar-refractivity contribution in [3.8, 4) is 0 Å². The van der Waals surface area contributed by atoms with Gasteiger partial charge in [0.15, 0.2) is 0 Å². The predicted octanol–water partition coefficient (Wildman–Crippen LogP) is 3.90. The normalized spacial score (nSPS) is 18.0. The fourth-order valence-corrected chi connectivity index (χ4v) is 4.29. The molecule has 2 aromatic rings. The molecule has 0 spiro atoms. The second-order valence-corrected chi connectivity index (χ2v) is 7.95. The van der Waals surface area contributed by atoms with Crippen LogP contribution in [0.15, 0.2) is 29.8 Å². The minimum atomic E-state index is -0.269. The topological polar surface area (TPSA) is 45.2 Å². The Hall–Kier alpha value is -1.79. The van der Waals surface area contributed by atoms with E-state index in [0.717, 1.165) is 31.7 Å². The molecule has 1 amide bonds. The monoisotopic (exact) mass is 375 g/mol. The molecular formula is C20H26FN3OS. The smallest absolute Gasteiger partial charge is 0.220 e. The van der Waals surface area contributed by atoms with Crippen LogP contribution in [0.25, 0.3) is 0 Å². The lowest BCUT2D eigenvalue weighted by Crippen LogP contribution is -2.35. The molecule has 140 valence electrons. The van der Waals surface area contributed by atoms with Crippen LogP contribution >= 0.6 is 11.3 Å². The van der Waals surface area contributed by atoms with Gasteiger partial charge in [0.05, 0.1) is 11.2 Å². The van der Waals surface area contributed by atoms with Gasteiger partial charge in [-0.05, 0) is 44.7 Å². The summed E-state index contributed by atoms with van der Waals surface area (Å²) in [5.74, 6) is 0.286. The fourth-order valence-electron chi connectivity index (χ4n) is 3.47. The lowest BCUT2D eigenvalue weighted by atomic mass is 9.93. The molecule has 0 radical (unpaired) electrons. The van der Waals surface area contributed by atoms with Crippen molar-refractivity contribution in [1.82, 2.24) is 15.2 Å². The van der Waals surface area contributed by atoms with Crippen molar-refractivity contribution in [3.63, 3.8) is 0 Å². The number of piperidine rings is 1. The molecule has 26 heavy (non-hydrogen) atoms. The second-order valence-electron chi connectivity index (χ2n) is 7.01. The first-order chi connectivity index (χ1) is 12.6. The molecule has 1 fully saturated rings. The van der Waals surface area contributed by atoms with Crippen molar-refractivity contribution >= 4 is 17.2 Å². The van der Waals surface area contributed by atoms with E-state index < -0.39 is 0 Å². The molecule has 1 aliphatic heterocycles. The highest BCUT2D eigenvalue weighted by atomic mass is 32.1.